The first-order valence-electron chi connectivity index (χ1n) is 8.61. The Morgan fingerprint density at radius 1 is 0.786 bits per heavy atom. The molecule has 3 rings (SSSR count). The molecule has 3 aromatic carbocycles. The summed E-state index contributed by atoms with van der Waals surface area (Å²) in [6, 6.07) is 18.8. The van der Waals surface area contributed by atoms with E-state index in [1.807, 2.05) is 42.5 Å². The monoisotopic (exact) mass is 379 g/mol. The van der Waals surface area contributed by atoms with Crippen LogP contribution in [0.1, 0.15) is 15.9 Å². The first kappa shape index (κ1) is 19.0. The van der Waals surface area contributed by atoms with E-state index in [-0.39, 0.29) is 24.4 Å². The Labute approximate surface area is 160 Å². The van der Waals surface area contributed by atoms with Gasteiger partial charge >= 0.3 is 0 Å². The fraction of sp³-hybridized carbons (Fsp3) is 0.0952. The van der Waals surface area contributed by atoms with E-state index in [2.05, 4.69) is 16.2 Å². The highest BCUT2D eigenvalue weighted by molar-refractivity contribution is 5.96. The van der Waals surface area contributed by atoms with Gasteiger partial charge in [-0.2, -0.15) is 0 Å². The Kier molecular flexibility index (Phi) is 5.96. The number of carbonyl (C=O) groups excluding carboxylic acids is 3. The summed E-state index contributed by atoms with van der Waals surface area (Å²) in [5, 5.41) is 4.50. The van der Waals surface area contributed by atoms with Gasteiger partial charge in [0, 0.05) is 0 Å². The molecule has 6 nitrogen and oxygen atoms in total. The van der Waals surface area contributed by atoms with Gasteiger partial charge in [-0.05, 0) is 28.5 Å². The standard InChI is InChI=1S/C21H18FN3O3/c22-18-11-4-3-10-17(18)21(28)25-24-20(27)13-23-19(26)12-15-8-5-7-14-6-1-2-9-16(14)15/h1-11H,12-13H2,(H,23,26)(H,24,27)(H,25,28). The van der Waals surface area contributed by atoms with Crippen molar-refractivity contribution < 1.29 is 18.8 Å². The molecular formula is C21H18FN3O3. The number of halogens is 1. The average molecular weight is 379 g/mol. The van der Waals surface area contributed by atoms with Crippen LogP contribution in [0.15, 0.2) is 66.7 Å². The molecule has 28 heavy (non-hydrogen) atoms. The van der Waals surface area contributed by atoms with Gasteiger partial charge in [0.25, 0.3) is 11.8 Å². The zero-order chi connectivity index (χ0) is 19.9. The fourth-order valence-electron chi connectivity index (χ4n) is 2.74. The molecule has 0 aromatic heterocycles. The van der Waals surface area contributed by atoms with Crippen molar-refractivity contribution >= 4 is 28.5 Å². The fourth-order valence-corrected chi connectivity index (χ4v) is 2.74. The summed E-state index contributed by atoms with van der Waals surface area (Å²) in [5.74, 6) is -2.44. The van der Waals surface area contributed by atoms with Crippen LogP contribution >= 0.6 is 0 Å². The molecule has 0 aliphatic rings. The van der Waals surface area contributed by atoms with E-state index < -0.39 is 17.6 Å². The number of fused-ring (bicyclic) bond motifs is 1. The van der Waals surface area contributed by atoms with Crippen molar-refractivity contribution in [1.82, 2.24) is 16.2 Å². The van der Waals surface area contributed by atoms with Crippen LogP contribution in [0.3, 0.4) is 0 Å². The van der Waals surface area contributed by atoms with Crippen LogP contribution in [0, 0.1) is 5.82 Å². The quantitative estimate of drug-likeness (QED) is 0.594. The van der Waals surface area contributed by atoms with Gasteiger partial charge in [0.15, 0.2) is 0 Å². The maximum absolute atomic E-state index is 13.5. The number of amides is 3. The van der Waals surface area contributed by atoms with E-state index in [1.54, 1.807) is 0 Å². The van der Waals surface area contributed by atoms with Gasteiger partial charge in [-0.1, -0.05) is 54.6 Å². The number of nitrogens with one attached hydrogen (secondary N) is 3. The molecule has 0 fully saturated rings. The van der Waals surface area contributed by atoms with Crippen LogP contribution in [0.2, 0.25) is 0 Å². The van der Waals surface area contributed by atoms with Crippen LogP contribution in [0.5, 0.6) is 0 Å². The number of hydrogen-bond acceptors (Lipinski definition) is 3. The second-order valence-corrected chi connectivity index (χ2v) is 6.07. The average Bonchev–Trinajstić information content (AvgIpc) is 2.71. The number of carbonyl (C=O) groups is 3. The normalized spacial score (nSPS) is 10.3. The van der Waals surface area contributed by atoms with Crippen LogP contribution in [0.25, 0.3) is 10.8 Å². The molecule has 3 N–H and O–H groups in total. The molecule has 142 valence electrons. The molecule has 0 atom stereocenters. The largest absolute Gasteiger partial charge is 0.347 e. The van der Waals surface area contributed by atoms with Crippen molar-refractivity contribution in [3.8, 4) is 0 Å². The first-order valence-corrected chi connectivity index (χ1v) is 8.61. The minimum atomic E-state index is -0.784. The Bertz CT molecular complexity index is 1030. The molecule has 0 spiro atoms. The van der Waals surface area contributed by atoms with E-state index in [9.17, 15) is 18.8 Å². The highest BCUT2D eigenvalue weighted by atomic mass is 19.1. The summed E-state index contributed by atoms with van der Waals surface area (Å²) in [5.41, 5.74) is 4.90. The molecule has 7 heteroatoms. The van der Waals surface area contributed by atoms with E-state index in [0.29, 0.717) is 0 Å². The van der Waals surface area contributed by atoms with Gasteiger partial charge < -0.3 is 5.32 Å². The molecule has 0 heterocycles. The number of hydrazine groups is 1. The molecule has 0 aliphatic carbocycles. The number of hydrogen-bond donors (Lipinski definition) is 3. The van der Waals surface area contributed by atoms with E-state index in [4.69, 9.17) is 0 Å². The van der Waals surface area contributed by atoms with Crippen LogP contribution < -0.4 is 16.2 Å². The predicted molar refractivity (Wildman–Crippen MR) is 103 cm³/mol. The van der Waals surface area contributed by atoms with E-state index in [1.165, 1.54) is 18.2 Å². The molecule has 0 bridgehead atoms. The molecule has 3 aromatic rings. The molecular weight excluding hydrogens is 361 g/mol. The van der Waals surface area contributed by atoms with Gasteiger partial charge in [-0.25, -0.2) is 4.39 Å². The third kappa shape index (κ3) is 4.70. The lowest BCUT2D eigenvalue weighted by atomic mass is 10.0. The van der Waals surface area contributed by atoms with E-state index >= 15 is 0 Å². The lowest BCUT2D eigenvalue weighted by molar-refractivity contribution is -0.126. The number of benzene rings is 3. The summed E-state index contributed by atoms with van der Waals surface area (Å²) < 4.78 is 13.5. The summed E-state index contributed by atoms with van der Waals surface area (Å²) in [4.78, 5) is 35.8. The molecule has 0 unspecified atom stereocenters. The second-order valence-electron chi connectivity index (χ2n) is 6.07. The molecule has 0 saturated heterocycles. The van der Waals surface area contributed by atoms with Crippen LogP contribution in [-0.4, -0.2) is 24.3 Å². The van der Waals surface area contributed by atoms with Crippen molar-refractivity contribution in [2.24, 2.45) is 0 Å². The highest BCUT2D eigenvalue weighted by Crippen LogP contribution is 2.18. The van der Waals surface area contributed by atoms with Gasteiger partial charge in [-0.3, -0.25) is 25.2 Å². The maximum Gasteiger partial charge on any atom is 0.272 e. The minimum absolute atomic E-state index is 0.121. The topological polar surface area (TPSA) is 87.3 Å². The molecule has 0 aliphatic heterocycles. The molecule has 3 amide bonds. The van der Waals surface area contributed by atoms with Gasteiger partial charge in [0.05, 0.1) is 18.5 Å². The van der Waals surface area contributed by atoms with Crippen molar-refractivity contribution in [3.63, 3.8) is 0 Å². The number of rotatable bonds is 5. The molecule has 0 saturated carbocycles. The minimum Gasteiger partial charge on any atom is -0.347 e. The summed E-state index contributed by atoms with van der Waals surface area (Å²) in [6.45, 7) is -0.318. The lowest BCUT2D eigenvalue weighted by Crippen LogP contribution is -2.46. The maximum atomic E-state index is 13.5. The summed E-state index contributed by atoms with van der Waals surface area (Å²) in [6.07, 6.45) is 0.121. The summed E-state index contributed by atoms with van der Waals surface area (Å²) >= 11 is 0. The van der Waals surface area contributed by atoms with E-state index in [0.717, 1.165) is 22.4 Å². The predicted octanol–water partition coefficient (Wildman–Crippen LogP) is 2.10. The van der Waals surface area contributed by atoms with Gasteiger partial charge in [0.1, 0.15) is 5.82 Å². The molecule has 0 radical (unpaired) electrons. The highest BCUT2D eigenvalue weighted by Gasteiger charge is 2.12. The van der Waals surface area contributed by atoms with Gasteiger partial charge in [-0.15, -0.1) is 0 Å². The zero-order valence-corrected chi connectivity index (χ0v) is 14.9. The third-order valence-corrected chi connectivity index (χ3v) is 4.11. The Hall–Kier alpha value is -3.74. The third-order valence-electron chi connectivity index (χ3n) is 4.11. The van der Waals surface area contributed by atoms with Crippen LogP contribution in [0.4, 0.5) is 4.39 Å². The smallest absolute Gasteiger partial charge is 0.272 e. The Morgan fingerprint density at radius 2 is 1.50 bits per heavy atom. The van der Waals surface area contributed by atoms with Crippen molar-refractivity contribution in [3.05, 3.63) is 83.7 Å². The second kappa shape index (κ2) is 8.77. The first-order chi connectivity index (χ1) is 13.5. The van der Waals surface area contributed by atoms with Gasteiger partial charge in [0.2, 0.25) is 5.91 Å². The lowest BCUT2D eigenvalue weighted by Gasteiger charge is -2.10. The van der Waals surface area contributed by atoms with Crippen molar-refractivity contribution in [1.29, 1.82) is 0 Å². The SMILES string of the molecule is O=C(Cc1cccc2ccccc12)NCC(=O)NNC(=O)c1ccccc1F. The summed E-state index contributed by atoms with van der Waals surface area (Å²) in [7, 11) is 0. The Balaban J connectivity index is 1.48. The van der Waals surface area contributed by atoms with Crippen molar-refractivity contribution in [2.45, 2.75) is 6.42 Å². The zero-order valence-electron chi connectivity index (χ0n) is 14.9. The van der Waals surface area contributed by atoms with Crippen LogP contribution in [-0.2, 0) is 16.0 Å². The van der Waals surface area contributed by atoms with Crippen molar-refractivity contribution in [2.75, 3.05) is 6.54 Å². The Morgan fingerprint density at radius 3 is 2.32 bits per heavy atom.